The summed E-state index contributed by atoms with van der Waals surface area (Å²) in [5, 5.41) is 2.33. The van der Waals surface area contributed by atoms with Crippen LogP contribution >= 0.6 is 11.8 Å². The van der Waals surface area contributed by atoms with Gasteiger partial charge in [-0.1, -0.05) is 6.92 Å². The van der Waals surface area contributed by atoms with E-state index in [0.29, 0.717) is 0 Å². The number of rotatable bonds is 3. The van der Waals surface area contributed by atoms with Gasteiger partial charge in [0, 0.05) is 31.1 Å². The summed E-state index contributed by atoms with van der Waals surface area (Å²) in [6.45, 7) is 5.76. The molecule has 0 unspecified atom stereocenters. The molecule has 1 aliphatic heterocycles. The third-order valence-electron chi connectivity index (χ3n) is 1.60. The summed E-state index contributed by atoms with van der Waals surface area (Å²) in [5.41, 5.74) is 3.39. The normalized spacial score (nSPS) is 21.3. The molecule has 1 aliphatic rings. The molecule has 3 heteroatoms. The maximum absolute atomic E-state index is 3.39. The molecule has 0 aromatic rings. The van der Waals surface area contributed by atoms with E-state index in [2.05, 4.69) is 29.1 Å². The summed E-state index contributed by atoms with van der Waals surface area (Å²) in [5.74, 6) is 2.58. The molecule has 0 radical (unpaired) electrons. The van der Waals surface area contributed by atoms with Gasteiger partial charge in [0.15, 0.2) is 0 Å². The van der Waals surface area contributed by atoms with E-state index in [4.69, 9.17) is 0 Å². The van der Waals surface area contributed by atoms with Crippen molar-refractivity contribution in [2.24, 2.45) is 0 Å². The van der Waals surface area contributed by atoms with Crippen LogP contribution < -0.4 is 5.43 Å². The third-order valence-corrected chi connectivity index (χ3v) is 2.54. The van der Waals surface area contributed by atoms with Crippen LogP contribution in [-0.2, 0) is 0 Å². The van der Waals surface area contributed by atoms with E-state index in [1.165, 1.54) is 31.0 Å². The molecule has 1 N–H and O–H groups in total. The molecule has 0 atom stereocenters. The van der Waals surface area contributed by atoms with E-state index >= 15 is 0 Å². The minimum atomic E-state index is 1.13. The van der Waals surface area contributed by atoms with Crippen molar-refractivity contribution in [1.82, 2.24) is 10.4 Å². The van der Waals surface area contributed by atoms with Crippen molar-refractivity contribution in [2.75, 3.05) is 31.1 Å². The van der Waals surface area contributed by atoms with E-state index in [9.17, 15) is 0 Å². The van der Waals surface area contributed by atoms with Crippen LogP contribution in [0.4, 0.5) is 0 Å². The fourth-order valence-electron chi connectivity index (χ4n) is 0.991. The molecule has 60 valence electrons. The quantitative estimate of drug-likeness (QED) is 0.662. The average molecular weight is 160 g/mol. The van der Waals surface area contributed by atoms with Gasteiger partial charge >= 0.3 is 0 Å². The van der Waals surface area contributed by atoms with Crippen LogP contribution in [0, 0.1) is 0 Å². The van der Waals surface area contributed by atoms with Crippen molar-refractivity contribution >= 4 is 11.8 Å². The highest BCUT2D eigenvalue weighted by atomic mass is 32.2. The van der Waals surface area contributed by atoms with Crippen molar-refractivity contribution in [3.05, 3.63) is 0 Å². The summed E-state index contributed by atoms with van der Waals surface area (Å²) in [7, 11) is 0. The third kappa shape index (κ3) is 2.90. The number of nitrogens with one attached hydrogen (secondary N) is 1. The van der Waals surface area contributed by atoms with Gasteiger partial charge in [-0.25, -0.2) is 5.01 Å². The molecule has 2 nitrogen and oxygen atoms in total. The lowest BCUT2D eigenvalue weighted by molar-refractivity contribution is 0.209. The minimum absolute atomic E-state index is 1.13. The topological polar surface area (TPSA) is 15.3 Å². The first kappa shape index (κ1) is 8.37. The van der Waals surface area contributed by atoms with Crippen molar-refractivity contribution in [3.63, 3.8) is 0 Å². The second-order valence-electron chi connectivity index (χ2n) is 2.51. The smallest absolute Gasteiger partial charge is 0.0222 e. The molecule has 0 aliphatic carbocycles. The van der Waals surface area contributed by atoms with Gasteiger partial charge in [0.25, 0.3) is 0 Å². The lowest BCUT2D eigenvalue weighted by atomic mass is 10.5. The summed E-state index contributed by atoms with van der Waals surface area (Å²) in [6.07, 6.45) is 1.23. The van der Waals surface area contributed by atoms with Crippen LogP contribution in [0.25, 0.3) is 0 Å². The predicted octanol–water partition coefficient (Wildman–Crippen LogP) is 0.950. The van der Waals surface area contributed by atoms with Gasteiger partial charge in [0.1, 0.15) is 0 Å². The molecule has 0 aromatic heterocycles. The van der Waals surface area contributed by atoms with Crippen LogP contribution in [0.2, 0.25) is 0 Å². The Kier molecular flexibility index (Phi) is 4.18. The Bertz CT molecular complexity index is 81.7. The summed E-state index contributed by atoms with van der Waals surface area (Å²) in [4.78, 5) is 0. The summed E-state index contributed by atoms with van der Waals surface area (Å²) >= 11 is 2.05. The lowest BCUT2D eigenvalue weighted by Gasteiger charge is -2.26. The van der Waals surface area contributed by atoms with Gasteiger partial charge < -0.3 is 0 Å². The van der Waals surface area contributed by atoms with Crippen molar-refractivity contribution in [2.45, 2.75) is 13.3 Å². The zero-order valence-electron chi connectivity index (χ0n) is 6.60. The molecule has 10 heavy (non-hydrogen) atoms. The van der Waals surface area contributed by atoms with Crippen molar-refractivity contribution in [3.8, 4) is 0 Å². The van der Waals surface area contributed by atoms with Gasteiger partial charge in [-0.05, 0) is 6.42 Å². The Morgan fingerprint density at radius 2 is 2.10 bits per heavy atom. The van der Waals surface area contributed by atoms with E-state index in [1.54, 1.807) is 0 Å². The van der Waals surface area contributed by atoms with E-state index in [1.807, 2.05) is 0 Å². The Hall–Kier alpha value is 0.270. The van der Waals surface area contributed by atoms with Gasteiger partial charge in [0.2, 0.25) is 0 Å². The number of hydrogen-bond donors (Lipinski definition) is 1. The highest BCUT2D eigenvalue weighted by Gasteiger charge is 2.07. The maximum atomic E-state index is 3.39. The average Bonchev–Trinajstić information content (AvgIpc) is 2.03. The number of hydrogen-bond acceptors (Lipinski definition) is 3. The van der Waals surface area contributed by atoms with Gasteiger partial charge in [-0.15, -0.1) is 0 Å². The van der Waals surface area contributed by atoms with Gasteiger partial charge in [-0.2, -0.15) is 11.8 Å². The first-order chi connectivity index (χ1) is 4.93. The molecule has 0 spiro atoms. The number of thioether (sulfide) groups is 1. The lowest BCUT2D eigenvalue weighted by Crippen LogP contribution is -2.43. The molecule has 1 saturated heterocycles. The molecular formula is C7H16N2S. The molecule has 1 rings (SSSR count). The fourth-order valence-corrected chi connectivity index (χ4v) is 1.89. The monoisotopic (exact) mass is 160 g/mol. The Balaban J connectivity index is 2.02. The van der Waals surface area contributed by atoms with E-state index < -0.39 is 0 Å². The molecular weight excluding hydrogens is 144 g/mol. The molecule has 0 saturated carbocycles. The summed E-state index contributed by atoms with van der Waals surface area (Å²) in [6, 6.07) is 0. The number of hydrazine groups is 1. The predicted molar refractivity (Wildman–Crippen MR) is 47.2 cm³/mol. The van der Waals surface area contributed by atoms with Gasteiger partial charge in [-0.3, -0.25) is 5.43 Å². The van der Waals surface area contributed by atoms with Crippen molar-refractivity contribution in [1.29, 1.82) is 0 Å². The SMILES string of the molecule is CCCNN1CCSCC1. The van der Waals surface area contributed by atoms with E-state index in [0.717, 1.165) is 6.54 Å². The second-order valence-corrected chi connectivity index (χ2v) is 3.73. The first-order valence-electron chi connectivity index (χ1n) is 3.99. The summed E-state index contributed by atoms with van der Waals surface area (Å²) < 4.78 is 0. The minimum Gasteiger partial charge on any atom is -0.255 e. The zero-order valence-corrected chi connectivity index (χ0v) is 7.41. The first-order valence-corrected chi connectivity index (χ1v) is 5.15. The molecule has 1 fully saturated rings. The van der Waals surface area contributed by atoms with E-state index in [-0.39, 0.29) is 0 Å². The molecule has 0 aromatic carbocycles. The molecule has 0 amide bonds. The zero-order chi connectivity index (χ0) is 7.23. The maximum Gasteiger partial charge on any atom is 0.0222 e. The highest BCUT2D eigenvalue weighted by molar-refractivity contribution is 7.99. The van der Waals surface area contributed by atoms with Crippen LogP contribution in [-0.4, -0.2) is 36.1 Å². The fraction of sp³-hybridized carbons (Fsp3) is 1.00. The van der Waals surface area contributed by atoms with Gasteiger partial charge in [0.05, 0.1) is 0 Å². The van der Waals surface area contributed by atoms with Crippen LogP contribution in [0.5, 0.6) is 0 Å². The van der Waals surface area contributed by atoms with Crippen molar-refractivity contribution < 1.29 is 0 Å². The molecule has 1 heterocycles. The number of nitrogens with zero attached hydrogens (tertiary/aromatic N) is 1. The Morgan fingerprint density at radius 3 is 2.70 bits per heavy atom. The largest absolute Gasteiger partial charge is 0.255 e. The highest BCUT2D eigenvalue weighted by Crippen LogP contribution is 2.06. The Morgan fingerprint density at radius 1 is 1.40 bits per heavy atom. The standard InChI is InChI=1S/C7H16N2S/c1-2-3-8-9-4-6-10-7-5-9/h8H,2-7H2,1H3. The molecule has 0 bridgehead atoms. The Labute approximate surface area is 67.3 Å². The second kappa shape index (κ2) is 4.99. The van der Waals surface area contributed by atoms with Crippen LogP contribution in [0.15, 0.2) is 0 Å². The van der Waals surface area contributed by atoms with Crippen LogP contribution in [0.3, 0.4) is 0 Å². The van der Waals surface area contributed by atoms with Crippen LogP contribution in [0.1, 0.15) is 13.3 Å².